The maximum atomic E-state index is 4.28. The fourth-order valence-corrected chi connectivity index (χ4v) is 2.56. The summed E-state index contributed by atoms with van der Waals surface area (Å²) in [5, 5.41) is 4.28. The maximum Gasteiger partial charge on any atom is 0.218 e. The van der Waals surface area contributed by atoms with Gasteiger partial charge in [-0.05, 0) is 44.2 Å². The number of hydrogen-bond donors (Lipinski definition) is 0. The van der Waals surface area contributed by atoms with Gasteiger partial charge in [0.15, 0.2) is 4.73 Å². The minimum atomic E-state index is 0.653. The van der Waals surface area contributed by atoms with Crippen molar-refractivity contribution in [1.29, 1.82) is 0 Å². The van der Waals surface area contributed by atoms with Crippen molar-refractivity contribution in [2.75, 3.05) is 0 Å². The molecule has 0 N–H and O–H groups in total. The molecule has 0 spiro atoms. The van der Waals surface area contributed by atoms with E-state index in [-0.39, 0.29) is 0 Å². The molecule has 0 fully saturated rings. The summed E-state index contributed by atoms with van der Waals surface area (Å²) in [4.78, 5) is 4.16. The van der Waals surface area contributed by atoms with Gasteiger partial charge in [-0.15, -0.1) is 5.10 Å². The van der Waals surface area contributed by atoms with E-state index in [0.29, 0.717) is 10.7 Å². The molecule has 0 aliphatic rings. The highest BCUT2D eigenvalue weighted by Crippen LogP contribution is 2.18. The molecule has 0 bridgehead atoms. The fourth-order valence-electron chi connectivity index (χ4n) is 1.58. The van der Waals surface area contributed by atoms with Gasteiger partial charge in [-0.2, -0.15) is 4.98 Å². The predicted octanol–water partition coefficient (Wildman–Crippen LogP) is 4.02. The zero-order valence-electron chi connectivity index (χ0n) is 9.21. The van der Waals surface area contributed by atoms with Crippen molar-refractivity contribution in [3.63, 3.8) is 0 Å². The average Bonchev–Trinajstić information content (AvgIpc) is 2.52. The lowest BCUT2D eigenvalue weighted by atomic mass is 10.00. The van der Waals surface area contributed by atoms with Crippen LogP contribution in [0.15, 0.2) is 9.47 Å². The summed E-state index contributed by atoms with van der Waals surface area (Å²) >= 11 is 6.68. The molecule has 86 valence electrons. The second-order valence-corrected chi connectivity index (χ2v) is 5.17. The van der Waals surface area contributed by atoms with E-state index in [1.165, 1.54) is 25.7 Å². The number of hydrogen-bond acceptors (Lipinski definition) is 2. The normalized spacial score (nSPS) is 13.1. The van der Waals surface area contributed by atoms with Gasteiger partial charge in [-0.25, -0.2) is 4.68 Å². The zero-order valence-corrected chi connectivity index (χ0v) is 12.4. The first-order valence-electron chi connectivity index (χ1n) is 5.43. The second-order valence-electron chi connectivity index (χ2n) is 3.75. The highest BCUT2D eigenvalue weighted by molar-refractivity contribution is 9.11. The standard InChI is InChI=1S/C10H17Br2N3/c1-3-5-6-8(4-2)7-15-10(12)13-9(11)14-15/h8H,3-7H2,1-2H3. The van der Waals surface area contributed by atoms with Gasteiger partial charge in [0, 0.05) is 6.54 Å². The van der Waals surface area contributed by atoms with E-state index < -0.39 is 0 Å². The number of halogens is 2. The van der Waals surface area contributed by atoms with Crippen LogP contribution in [0.5, 0.6) is 0 Å². The quantitative estimate of drug-likeness (QED) is 0.784. The van der Waals surface area contributed by atoms with Crippen LogP contribution in [0.3, 0.4) is 0 Å². The Labute approximate surface area is 108 Å². The molecule has 0 amide bonds. The summed E-state index contributed by atoms with van der Waals surface area (Å²) in [5.74, 6) is 0.704. The molecule has 0 aromatic carbocycles. The van der Waals surface area contributed by atoms with Gasteiger partial charge in [0.1, 0.15) is 0 Å². The van der Waals surface area contributed by atoms with Gasteiger partial charge in [-0.3, -0.25) is 0 Å². The number of aromatic nitrogens is 3. The number of rotatable bonds is 6. The molecule has 1 heterocycles. The first kappa shape index (κ1) is 13.2. The molecule has 1 unspecified atom stereocenters. The minimum absolute atomic E-state index is 0.653. The first-order chi connectivity index (χ1) is 7.17. The van der Waals surface area contributed by atoms with Gasteiger partial charge in [0.2, 0.25) is 4.73 Å². The van der Waals surface area contributed by atoms with E-state index in [9.17, 15) is 0 Å². The van der Waals surface area contributed by atoms with Crippen molar-refractivity contribution >= 4 is 31.9 Å². The summed E-state index contributed by atoms with van der Waals surface area (Å²) in [6.07, 6.45) is 5.03. The Bertz CT molecular complexity index is 299. The summed E-state index contributed by atoms with van der Waals surface area (Å²) in [6.45, 7) is 5.42. The Morgan fingerprint density at radius 2 is 2.07 bits per heavy atom. The zero-order chi connectivity index (χ0) is 11.3. The lowest BCUT2D eigenvalue weighted by Gasteiger charge is -2.14. The predicted molar refractivity (Wildman–Crippen MR) is 68.7 cm³/mol. The van der Waals surface area contributed by atoms with E-state index in [0.717, 1.165) is 11.3 Å². The minimum Gasteiger partial charge on any atom is -0.239 e. The van der Waals surface area contributed by atoms with E-state index in [2.05, 4.69) is 55.8 Å². The van der Waals surface area contributed by atoms with Gasteiger partial charge < -0.3 is 0 Å². The molecule has 1 atom stereocenters. The van der Waals surface area contributed by atoms with E-state index in [1.54, 1.807) is 0 Å². The average molecular weight is 339 g/mol. The molecule has 0 radical (unpaired) electrons. The summed E-state index contributed by atoms with van der Waals surface area (Å²) < 4.78 is 3.39. The van der Waals surface area contributed by atoms with Gasteiger partial charge in [0.25, 0.3) is 0 Å². The highest BCUT2D eigenvalue weighted by Gasteiger charge is 2.11. The maximum absolute atomic E-state index is 4.28. The smallest absolute Gasteiger partial charge is 0.218 e. The molecule has 0 saturated carbocycles. The van der Waals surface area contributed by atoms with E-state index in [4.69, 9.17) is 0 Å². The van der Waals surface area contributed by atoms with Crippen LogP contribution in [-0.4, -0.2) is 14.8 Å². The SMILES string of the molecule is CCCCC(CC)Cn1nc(Br)nc1Br. The molecule has 0 aliphatic carbocycles. The number of unbranched alkanes of at least 4 members (excludes halogenated alkanes) is 1. The van der Waals surface area contributed by atoms with E-state index in [1.807, 2.05) is 4.68 Å². The van der Waals surface area contributed by atoms with Crippen molar-refractivity contribution < 1.29 is 0 Å². The Morgan fingerprint density at radius 1 is 1.33 bits per heavy atom. The Hall–Kier alpha value is 0.1000. The second kappa shape index (κ2) is 6.63. The van der Waals surface area contributed by atoms with Crippen LogP contribution in [0.2, 0.25) is 0 Å². The Morgan fingerprint density at radius 3 is 2.53 bits per heavy atom. The van der Waals surface area contributed by atoms with Crippen LogP contribution in [0.4, 0.5) is 0 Å². The highest BCUT2D eigenvalue weighted by atomic mass is 79.9. The molecule has 0 saturated heterocycles. The molecule has 1 aromatic rings. The molecule has 15 heavy (non-hydrogen) atoms. The fraction of sp³-hybridized carbons (Fsp3) is 0.800. The van der Waals surface area contributed by atoms with Gasteiger partial charge in [0.05, 0.1) is 0 Å². The van der Waals surface area contributed by atoms with Gasteiger partial charge >= 0.3 is 0 Å². The lowest BCUT2D eigenvalue weighted by molar-refractivity contribution is 0.367. The van der Waals surface area contributed by atoms with Crippen LogP contribution in [-0.2, 0) is 6.54 Å². The van der Waals surface area contributed by atoms with Crippen molar-refractivity contribution in [3.8, 4) is 0 Å². The van der Waals surface area contributed by atoms with E-state index >= 15 is 0 Å². The monoisotopic (exact) mass is 337 g/mol. The third-order valence-corrected chi connectivity index (χ3v) is 3.50. The molecule has 5 heteroatoms. The largest absolute Gasteiger partial charge is 0.239 e. The molecular weight excluding hydrogens is 322 g/mol. The van der Waals surface area contributed by atoms with Crippen LogP contribution in [0, 0.1) is 5.92 Å². The van der Waals surface area contributed by atoms with Crippen LogP contribution in [0.1, 0.15) is 39.5 Å². The van der Waals surface area contributed by atoms with Crippen LogP contribution >= 0.6 is 31.9 Å². The Balaban J connectivity index is 2.54. The number of nitrogens with zero attached hydrogens (tertiary/aromatic N) is 3. The van der Waals surface area contributed by atoms with Crippen molar-refractivity contribution in [2.45, 2.75) is 46.1 Å². The topological polar surface area (TPSA) is 30.7 Å². The van der Waals surface area contributed by atoms with Gasteiger partial charge in [-0.1, -0.05) is 33.1 Å². The lowest BCUT2D eigenvalue weighted by Crippen LogP contribution is -2.11. The molecule has 1 aromatic heterocycles. The van der Waals surface area contributed by atoms with Crippen molar-refractivity contribution in [3.05, 3.63) is 9.47 Å². The summed E-state index contributed by atoms with van der Waals surface area (Å²) in [7, 11) is 0. The Kier molecular flexibility index (Phi) is 5.82. The molecule has 1 rings (SSSR count). The third kappa shape index (κ3) is 4.23. The van der Waals surface area contributed by atoms with Crippen molar-refractivity contribution in [1.82, 2.24) is 14.8 Å². The van der Waals surface area contributed by atoms with Crippen LogP contribution < -0.4 is 0 Å². The van der Waals surface area contributed by atoms with Crippen molar-refractivity contribution in [2.24, 2.45) is 5.92 Å². The first-order valence-corrected chi connectivity index (χ1v) is 7.01. The summed E-state index contributed by atoms with van der Waals surface area (Å²) in [6, 6.07) is 0. The molecular formula is C10H17Br2N3. The molecule has 0 aliphatic heterocycles. The summed E-state index contributed by atoms with van der Waals surface area (Å²) in [5.41, 5.74) is 0. The van der Waals surface area contributed by atoms with Crippen LogP contribution in [0.25, 0.3) is 0 Å². The third-order valence-electron chi connectivity index (χ3n) is 2.58. The molecule has 3 nitrogen and oxygen atoms in total.